The third kappa shape index (κ3) is 3.46. The van der Waals surface area contributed by atoms with Gasteiger partial charge < -0.3 is 15.4 Å². The van der Waals surface area contributed by atoms with Crippen molar-refractivity contribution in [1.29, 1.82) is 0 Å². The zero-order valence-electron chi connectivity index (χ0n) is 12.1. The van der Waals surface area contributed by atoms with Gasteiger partial charge in [-0.05, 0) is 50.1 Å². The van der Waals surface area contributed by atoms with E-state index in [0.717, 1.165) is 24.9 Å². The Morgan fingerprint density at radius 3 is 2.56 bits per heavy atom. The second-order valence-corrected chi connectivity index (χ2v) is 6.34. The molecule has 0 radical (unpaired) electrons. The number of nitrogens with zero attached hydrogens (tertiary/aromatic N) is 1. The average molecular weight is 254 g/mol. The van der Waals surface area contributed by atoms with E-state index in [1.54, 1.807) is 0 Å². The predicted octanol–water partition coefficient (Wildman–Crippen LogP) is 2.11. The molecule has 0 aromatic heterocycles. The summed E-state index contributed by atoms with van der Waals surface area (Å²) in [7, 11) is 1.86. The number of methoxy groups -OCH3 is 1. The summed E-state index contributed by atoms with van der Waals surface area (Å²) in [5.41, 5.74) is 5.93. The van der Waals surface area contributed by atoms with Gasteiger partial charge in [0.15, 0.2) is 0 Å². The van der Waals surface area contributed by atoms with Crippen molar-refractivity contribution in [2.45, 2.75) is 45.1 Å². The minimum Gasteiger partial charge on any atom is -0.380 e. The van der Waals surface area contributed by atoms with Gasteiger partial charge in [-0.15, -0.1) is 0 Å². The van der Waals surface area contributed by atoms with Crippen molar-refractivity contribution in [2.75, 3.05) is 33.3 Å². The maximum absolute atomic E-state index is 5.93. The van der Waals surface area contributed by atoms with Crippen LogP contribution in [0.5, 0.6) is 0 Å². The molecule has 0 aromatic rings. The molecule has 4 unspecified atom stereocenters. The van der Waals surface area contributed by atoms with Crippen molar-refractivity contribution in [3.63, 3.8) is 0 Å². The van der Waals surface area contributed by atoms with Crippen LogP contribution in [-0.4, -0.2) is 44.3 Å². The zero-order chi connectivity index (χ0) is 13.0. The van der Waals surface area contributed by atoms with Gasteiger partial charge in [0.1, 0.15) is 0 Å². The molecule has 3 heteroatoms. The van der Waals surface area contributed by atoms with Crippen molar-refractivity contribution < 1.29 is 4.74 Å². The first-order valence-corrected chi connectivity index (χ1v) is 7.69. The molecule has 1 saturated heterocycles. The van der Waals surface area contributed by atoms with Crippen LogP contribution < -0.4 is 5.73 Å². The fourth-order valence-electron chi connectivity index (χ4n) is 3.74. The lowest BCUT2D eigenvalue weighted by molar-refractivity contribution is -0.0139. The smallest absolute Gasteiger partial charge is 0.0724 e. The largest absolute Gasteiger partial charge is 0.380 e. The molecule has 4 atom stereocenters. The number of ether oxygens (including phenoxy) is 1. The summed E-state index contributed by atoms with van der Waals surface area (Å²) in [4.78, 5) is 2.62. The fourth-order valence-corrected chi connectivity index (χ4v) is 3.74. The molecule has 18 heavy (non-hydrogen) atoms. The second kappa shape index (κ2) is 6.88. The molecule has 2 aliphatic rings. The highest BCUT2D eigenvalue weighted by atomic mass is 16.5. The van der Waals surface area contributed by atoms with E-state index in [4.69, 9.17) is 10.5 Å². The first kappa shape index (κ1) is 14.3. The van der Waals surface area contributed by atoms with E-state index in [0.29, 0.717) is 12.0 Å². The number of likely N-dealkylation sites (tertiary alicyclic amines) is 1. The lowest BCUT2D eigenvalue weighted by Crippen LogP contribution is -2.47. The number of piperidine rings is 1. The number of hydrogen-bond donors (Lipinski definition) is 1. The van der Waals surface area contributed by atoms with E-state index >= 15 is 0 Å². The molecule has 106 valence electrons. The van der Waals surface area contributed by atoms with Crippen molar-refractivity contribution in [2.24, 2.45) is 23.5 Å². The van der Waals surface area contributed by atoms with E-state index in [9.17, 15) is 0 Å². The molecular weight excluding hydrogens is 224 g/mol. The molecule has 2 rings (SSSR count). The van der Waals surface area contributed by atoms with Gasteiger partial charge in [0.05, 0.1) is 6.10 Å². The van der Waals surface area contributed by atoms with Gasteiger partial charge in [0.25, 0.3) is 0 Å². The van der Waals surface area contributed by atoms with E-state index < -0.39 is 0 Å². The zero-order valence-corrected chi connectivity index (χ0v) is 12.1. The molecule has 1 heterocycles. The summed E-state index contributed by atoms with van der Waals surface area (Å²) >= 11 is 0. The predicted molar refractivity (Wildman–Crippen MR) is 75.5 cm³/mol. The Balaban J connectivity index is 1.84. The molecule has 1 saturated carbocycles. The molecule has 2 fully saturated rings. The first-order valence-electron chi connectivity index (χ1n) is 7.69. The van der Waals surface area contributed by atoms with Gasteiger partial charge in [-0.25, -0.2) is 0 Å². The van der Waals surface area contributed by atoms with Crippen molar-refractivity contribution in [1.82, 2.24) is 4.90 Å². The summed E-state index contributed by atoms with van der Waals surface area (Å²) in [6.07, 6.45) is 7.22. The highest BCUT2D eigenvalue weighted by Crippen LogP contribution is 2.31. The van der Waals surface area contributed by atoms with Crippen molar-refractivity contribution in [3.8, 4) is 0 Å². The van der Waals surface area contributed by atoms with Crippen LogP contribution in [0.2, 0.25) is 0 Å². The van der Waals surface area contributed by atoms with E-state index in [1.165, 1.54) is 45.2 Å². The second-order valence-electron chi connectivity index (χ2n) is 6.34. The summed E-state index contributed by atoms with van der Waals surface area (Å²) in [6.45, 7) is 6.80. The molecule has 1 aliphatic carbocycles. The van der Waals surface area contributed by atoms with Crippen LogP contribution >= 0.6 is 0 Å². The minimum atomic E-state index is 0.429. The maximum Gasteiger partial charge on any atom is 0.0724 e. The van der Waals surface area contributed by atoms with Gasteiger partial charge >= 0.3 is 0 Å². The van der Waals surface area contributed by atoms with Crippen LogP contribution in [-0.2, 0) is 4.74 Å². The van der Waals surface area contributed by atoms with Crippen molar-refractivity contribution >= 4 is 0 Å². The Labute approximate surface area is 112 Å². The summed E-state index contributed by atoms with van der Waals surface area (Å²) in [5, 5.41) is 0. The molecule has 0 amide bonds. The Bertz CT molecular complexity index is 247. The molecule has 0 bridgehead atoms. The number of hydrogen-bond acceptors (Lipinski definition) is 3. The van der Waals surface area contributed by atoms with E-state index in [2.05, 4.69) is 11.8 Å². The SMILES string of the molecule is COC1CN(CC2CCCCC2CN)CCC1C. The van der Waals surface area contributed by atoms with Crippen LogP contribution in [0.4, 0.5) is 0 Å². The third-order valence-corrected chi connectivity index (χ3v) is 5.14. The van der Waals surface area contributed by atoms with Crippen LogP contribution in [0.25, 0.3) is 0 Å². The van der Waals surface area contributed by atoms with Crippen LogP contribution in [0, 0.1) is 17.8 Å². The van der Waals surface area contributed by atoms with Gasteiger partial charge in [0, 0.05) is 20.2 Å². The van der Waals surface area contributed by atoms with Gasteiger partial charge in [0.2, 0.25) is 0 Å². The fraction of sp³-hybridized carbons (Fsp3) is 1.00. The Morgan fingerprint density at radius 2 is 1.89 bits per heavy atom. The van der Waals surface area contributed by atoms with Crippen molar-refractivity contribution in [3.05, 3.63) is 0 Å². The minimum absolute atomic E-state index is 0.429. The lowest BCUT2D eigenvalue weighted by atomic mass is 9.78. The summed E-state index contributed by atoms with van der Waals surface area (Å²) in [6, 6.07) is 0. The van der Waals surface area contributed by atoms with Crippen LogP contribution in [0.3, 0.4) is 0 Å². The molecule has 2 N–H and O–H groups in total. The Hall–Kier alpha value is -0.120. The monoisotopic (exact) mass is 254 g/mol. The lowest BCUT2D eigenvalue weighted by Gasteiger charge is -2.40. The molecule has 1 aliphatic heterocycles. The number of nitrogens with two attached hydrogens (primary N) is 1. The third-order valence-electron chi connectivity index (χ3n) is 5.14. The van der Waals surface area contributed by atoms with E-state index in [1.807, 2.05) is 7.11 Å². The number of rotatable bonds is 4. The molecule has 3 nitrogen and oxygen atoms in total. The summed E-state index contributed by atoms with van der Waals surface area (Å²) in [5.74, 6) is 2.30. The Morgan fingerprint density at radius 1 is 1.17 bits per heavy atom. The van der Waals surface area contributed by atoms with Crippen LogP contribution in [0.1, 0.15) is 39.0 Å². The highest BCUT2D eigenvalue weighted by molar-refractivity contribution is 4.83. The van der Waals surface area contributed by atoms with Gasteiger partial charge in [-0.2, -0.15) is 0 Å². The average Bonchev–Trinajstić information content (AvgIpc) is 2.41. The van der Waals surface area contributed by atoms with Gasteiger partial charge in [-0.3, -0.25) is 0 Å². The van der Waals surface area contributed by atoms with E-state index in [-0.39, 0.29) is 0 Å². The summed E-state index contributed by atoms with van der Waals surface area (Å²) < 4.78 is 5.61. The Kier molecular flexibility index (Phi) is 5.46. The molecule has 0 aromatic carbocycles. The first-order chi connectivity index (χ1) is 8.74. The van der Waals surface area contributed by atoms with Crippen LogP contribution in [0.15, 0.2) is 0 Å². The topological polar surface area (TPSA) is 38.5 Å². The standard InChI is InChI=1S/C15H30N2O/c1-12-7-8-17(11-15(12)18-2)10-14-6-4-3-5-13(14)9-16/h12-15H,3-11,16H2,1-2H3. The maximum atomic E-state index is 5.93. The molecular formula is C15H30N2O. The normalized spacial score (nSPS) is 38.8. The highest BCUT2D eigenvalue weighted by Gasteiger charge is 2.30. The molecule has 0 spiro atoms. The van der Waals surface area contributed by atoms with Gasteiger partial charge in [-0.1, -0.05) is 19.8 Å². The quantitative estimate of drug-likeness (QED) is 0.835.